The van der Waals surface area contributed by atoms with Gasteiger partial charge in [-0.3, -0.25) is 0 Å². The fraction of sp³-hybridized carbons (Fsp3) is 0.583. The van der Waals surface area contributed by atoms with Crippen LogP contribution in [0.3, 0.4) is 0 Å². The van der Waals surface area contributed by atoms with E-state index in [4.69, 9.17) is 32.5 Å². The van der Waals surface area contributed by atoms with E-state index in [0.29, 0.717) is 40.1 Å². The van der Waals surface area contributed by atoms with Crippen LogP contribution in [0.5, 0.6) is 0 Å². The Bertz CT molecular complexity index is 1000. The van der Waals surface area contributed by atoms with Crippen molar-refractivity contribution in [2.24, 2.45) is 0 Å². The van der Waals surface area contributed by atoms with Crippen LogP contribution in [0.1, 0.15) is 31.0 Å². The number of carbonyl (C=O) groups is 1. The number of hydrogen-bond donors (Lipinski definition) is 0. The number of amides is 1. The molecule has 7 nitrogen and oxygen atoms in total. The molecule has 1 amide bonds. The quantitative estimate of drug-likeness (QED) is 0.267. The molecule has 0 N–H and O–H groups in total. The van der Waals surface area contributed by atoms with E-state index in [1.165, 1.54) is 25.9 Å². The summed E-state index contributed by atoms with van der Waals surface area (Å²) in [6, 6.07) is 7.48. The molecule has 5 rings (SSSR count). The van der Waals surface area contributed by atoms with Crippen LogP contribution in [0.25, 0.3) is 0 Å². The molecule has 186 valence electrons. The van der Waals surface area contributed by atoms with E-state index in [9.17, 15) is 4.79 Å². The third-order valence-electron chi connectivity index (χ3n) is 7.14. The summed E-state index contributed by atoms with van der Waals surface area (Å²) in [5, 5.41) is 5.13. The summed E-state index contributed by atoms with van der Waals surface area (Å²) >= 11 is 12.1. The summed E-state index contributed by atoms with van der Waals surface area (Å²) < 4.78 is 14.3. The molecule has 3 aliphatic heterocycles. The van der Waals surface area contributed by atoms with Gasteiger partial charge in [0.2, 0.25) is 0 Å². The Balaban J connectivity index is 1.41. The maximum absolute atomic E-state index is 13.7. The molecular formula is C24H30Cl2IN4O3-. The van der Waals surface area contributed by atoms with E-state index >= 15 is 0 Å². The number of fused-ring (bicyclic) bond motifs is 1. The molecule has 0 radical (unpaired) electrons. The van der Waals surface area contributed by atoms with Crippen LogP contribution in [0, 0.1) is 0 Å². The Hall–Kier alpha value is -0.910. The number of benzene rings is 1. The molecule has 3 fully saturated rings. The first-order valence-corrected chi connectivity index (χ1v) is 14.7. The monoisotopic (exact) mass is 619 g/mol. The van der Waals surface area contributed by atoms with Crippen molar-refractivity contribution < 1.29 is 35.5 Å². The van der Waals surface area contributed by atoms with Gasteiger partial charge in [-0.05, 0) is 0 Å². The summed E-state index contributed by atoms with van der Waals surface area (Å²) in [5.41, 5.74) is 1.52. The van der Waals surface area contributed by atoms with Crippen molar-refractivity contribution >= 4 is 29.1 Å². The van der Waals surface area contributed by atoms with Gasteiger partial charge in [-0.25, -0.2) is 0 Å². The predicted molar refractivity (Wildman–Crippen MR) is 126 cm³/mol. The van der Waals surface area contributed by atoms with E-state index < -0.39 is 0 Å². The molecule has 10 heteroatoms. The second kappa shape index (κ2) is 10.6. The maximum atomic E-state index is 13.7. The molecule has 1 aromatic carbocycles. The van der Waals surface area contributed by atoms with Crippen LogP contribution in [-0.2, 0) is 22.5 Å². The van der Waals surface area contributed by atoms with E-state index in [1.54, 1.807) is 18.4 Å². The van der Waals surface area contributed by atoms with E-state index in [1.807, 2.05) is 12.1 Å². The van der Waals surface area contributed by atoms with Crippen molar-refractivity contribution in [2.75, 3.05) is 39.4 Å². The number of rotatable bonds is 6. The topological polar surface area (TPSA) is 62.1 Å². The number of carbonyl (C=O) groups excluding carboxylic acids is 1. The fourth-order valence-electron chi connectivity index (χ4n) is 5.39. The Kier molecular flexibility index (Phi) is 7.72. The molecule has 3 aliphatic rings. The normalized spacial score (nSPS) is 28.4. The minimum atomic E-state index is -0.285. The summed E-state index contributed by atoms with van der Waals surface area (Å²) in [7, 11) is 0. The van der Waals surface area contributed by atoms with Crippen molar-refractivity contribution in [1.82, 2.24) is 18.1 Å². The molecule has 0 bridgehead atoms. The van der Waals surface area contributed by atoms with E-state index in [-0.39, 0.29) is 39.0 Å². The molecule has 34 heavy (non-hydrogen) atoms. The first kappa shape index (κ1) is 24.8. The van der Waals surface area contributed by atoms with Gasteiger partial charge in [-0.1, -0.05) is 0 Å². The number of alkyl halides is 1. The van der Waals surface area contributed by atoms with Crippen LogP contribution in [0.4, 0.5) is 0 Å². The van der Waals surface area contributed by atoms with Crippen molar-refractivity contribution in [3.63, 3.8) is 0 Å². The Morgan fingerprint density at radius 2 is 2.00 bits per heavy atom. The zero-order valence-corrected chi connectivity index (χ0v) is 22.9. The van der Waals surface area contributed by atoms with Crippen LogP contribution >= 0.6 is 23.2 Å². The van der Waals surface area contributed by atoms with Crippen LogP contribution in [-0.4, -0.2) is 78.9 Å². The van der Waals surface area contributed by atoms with Gasteiger partial charge >= 0.3 is 222 Å². The van der Waals surface area contributed by atoms with Crippen molar-refractivity contribution in [3.8, 4) is 0 Å². The van der Waals surface area contributed by atoms with Crippen LogP contribution < -0.4 is 21.5 Å². The van der Waals surface area contributed by atoms with Gasteiger partial charge in [0.25, 0.3) is 0 Å². The van der Waals surface area contributed by atoms with E-state index in [0.717, 1.165) is 24.4 Å². The fourth-order valence-corrected chi connectivity index (χ4v) is 9.85. The molecule has 4 heterocycles. The van der Waals surface area contributed by atoms with Gasteiger partial charge in [0, 0.05) is 0 Å². The average Bonchev–Trinajstić information content (AvgIpc) is 3.51. The number of piperazine rings is 1. The third kappa shape index (κ3) is 5.13. The molecule has 3 unspecified atom stereocenters. The predicted octanol–water partition coefficient (Wildman–Crippen LogP) is 0.494. The summed E-state index contributed by atoms with van der Waals surface area (Å²) in [4.78, 5) is 18.3. The molecule has 0 aliphatic carbocycles. The van der Waals surface area contributed by atoms with Crippen LogP contribution in [0.15, 0.2) is 35.1 Å². The summed E-state index contributed by atoms with van der Waals surface area (Å²) in [6.07, 6.45) is 4.48. The number of nitrogens with zero attached hydrogens (tertiary/aromatic N) is 4. The van der Waals surface area contributed by atoms with Gasteiger partial charge < -0.3 is 0 Å². The zero-order chi connectivity index (χ0) is 23.7. The van der Waals surface area contributed by atoms with E-state index in [2.05, 4.69) is 25.0 Å². The van der Waals surface area contributed by atoms with Crippen molar-refractivity contribution in [1.29, 1.82) is 0 Å². The Labute approximate surface area is 221 Å². The van der Waals surface area contributed by atoms with Crippen LogP contribution in [0.2, 0.25) is 10.0 Å². The zero-order valence-electron chi connectivity index (χ0n) is 19.3. The summed E-state index contributed by atoms with van der Waals surface area (Å²) in [6.45, 7) is 8.08. The van der Waals surface area contributed by atoms with Crippen molar-refractivity contribution in [3.05, 3.63) is 51.8 Å². The van der Waals surface area contributed by atoms with Gasteiger partial charge in [-0.2, -0.15) is 0 Å². The molecule has 0 spiro atoms. The van der Waals surface area contributed by atoms with Gasteiger partial charge in [0.1, 0.15) is 0 Å². The number of hydrogen-bond acceptors (Lipinski definition) is 6. The SMILES string of the molecule is CC12COCC([I-]N3CCCC3)C1N(C(=O)Cc1ccc(Cl)c(Cl)c1)CCN2Cc1ccon1. The summed E-state index contributed by atoms with van der Waals surface area (Å²) in [5.74, 6) is 0.146. The van der Waals surface area contributed by atoms with Crippen molar-refractivity contribution in [2.45, 2.75) is 48.2 Å². The second-order valence-corrected chi connectivity index (χ2v) is 13.8. The Morgan fingerprint density at radius 3 is 2.74 bits per heavy atom. The standard InChI is InChI=1S/C24H30Cl2IN4O3/c1-24-16-33-15-21(27-30-7-2-3-8-30)23(24)31(10-9-29(24)14-18-6-11-34-28-18)22(32)13-17-4-5-19(25)20(26)12-17/h4-6,11-12,21,23H,2-3,7-10,13-16H2,1H3/q-1. The molecule has 2 aromatic rings. The Morgan fingerprint density at radius 1 is 1.18 bits per heavy atom. The third-order valence-corrected chi connectivity index (χ3v) is 11.4. The number of ether oxygens (including phenoxy) is 1. The number of halogens is 3. The molecule has 3 atom stereocenters. The molecular weight excluding hydrogens is 590 g/mol. The van der Waals surface area contributed by atoms with Gasteiger partial charge in [0.05, 0.1) is 0 Å². The van der Waals surface area contributed by atoms with Gasteiger partial charge in [0.15, 0.2) is 0 Å². The average molecular weight is 620 g/mol. The first-order valence-electron chi connectivity index (χ1n) is 11.8. The minimum absolute atomic E-state index is 0.102. The first-order chi connectivity index (χ1) is 16.4. The molecule has 3 saturated heterocycles. The number of aromatic nitrogens is 1. The second-order valence-electron chi connectivity index (χ2n) is 9.47. The molecule has 0 saturated carbocycles. The molecule has 1 aromatic heterocycles. The van der Waals surface area contributed by atoms with Gasteiger partial charge in [-0.15, -0.1) is 0 Å².